The fraction of sp³-hybridized carbons (Fsp3) is 0.571. The van der Waals surface area contributed by atoms with Gasteiger partial charge in [-0.2, -0.15) is 0 Å². The highest BCUT2D eigenvalue weighted by atomic mass is 16.5. The number of hydrogen-bond acceptors (Lipinski definition) is 2. The van der Waals surface area contributed by atoms with E-state index < -0.39 is 0 Å². The molecule has 16 heavy (non-hydrogen) atoms. The summed E-state index contributed by atoms with van der Waals surface area (Å²) in [6, 6.07) is 9.15. The van der Waals surface area contributed by atoms with Crippen molar-refractivity contribution in [2.75, 3.05) is 6.54 Å². The highest BCUT2D eigenvalue weighted by Crippen LogP contribution is 2.30. The summed E-state index contributed by atoms with van der Waals surface area (Å²) in [7, 11) is 0. The van der Waals surface area contributed by atoms with Gasteiger partial charge in [-0.3, -0.25) is 0 Å². The van der Waals surface area contributed by atoms with Crippen LogP contribution in [0.5, 0.6) is 5.75 Å². The average molecular weight is 217 g/mol. The van der Waals surface area contributed by atoms with Gasteiger partial charge in [-0.1, -0.05) is 18.6 Å². The molecule has 1 aliphatic heterocycles. The standard InChI is InChI=1S/C14H19NO/c1-2-9-15-14(6-1)11-4-3-5-13(10-11)16-12-7-8-12/h3-5,10,12,14-15H,1-2,6-9H2. The van der Waals surface area contributed by atoms with E-state index in [4.69, 9.17) is 4.74 Å². The summed E-state index contributed by atoms with van der Waals surface area (Å²) in [5.41, 5.74) is 1.39. The second kappa shape index (κ2) is 4.46. The Morgan fingerprint density at radius 2 is 2.06 bits per heavy atom. The third kappa shape index (κ3) is 2.38. The van der Waals surface area contributed by atoms with Crippen molar-refractivity contribution >= 4 is 0 Å². The Morgan fingerprint density at radius 1 is 1.12 bits per heavy atom. The van der Waals surface area contributed by atoms with Crippen molar-refractivity contribution in [2.24, 2.45) is 0 Å². The molecule has 1 aromatic rings. The third-order valence-corrected chi connectivity index (χ3v) is 3.40. The van der Waals surface area contributed by atoms with E-state index in [0.29, 0.717) is 12.1 Å². The van der Waals surface area contributed by atoms with Gasteiger partial charge >= 0.3 is 0 Å². The molecule has 1 atom stereocenters. The van der Waals surface area contributed by atoms with Crippen LogP contribution in [0.2, 0.25) is 0 Å². The molecular formula is C14H19NO. The topological polar surface area (TPSA) is 21.3 Å². The van der Waals surface area contributed by atoms with Crippen molar-refractivity contribution in [2.45, 2.75) is 44.2 Å². The van der Waals surface area contributed by atoms with E-state index in [0.717, 1.165) is 12.3 Å². The molecule has 1 unspecified atom stereocenters. The molecule has 0 radical (unpaired) electrons. The minimum Gasteiger partial charge on any atom is -0.490 e. The predicted octanol–water partition coefficient (Wildman–Crippen LogP) is 3.04. The highest BCUT2D eigenvalue weighted by molar-refractivity contribution is 5.31. The normalized spacial score (nSPS) is 25.4. The lowest BCUT2D eigenvalue weighted by molar-refractivity contribution is 0.302. The molecule has 2 fully saturated rings. The van der Waals surface area contributed by atoms with Gasteiger partial charge in [0.05, 0.1) is 6.10 Å². The van der Waals surface area contributed by atoms with Crippen LogP contribution in [0.15, 0.2) is 24.3 Å². The number of rotatable bonds is 3. The van der Waals surface area contributed by atoms with Crippen molar-refractivity contribution < 1.29 is 4.74 Å². The SMILES string of the molecule is c1cc(OC2CC2)cc(C2CCCCN2)c1. The van der Waals surface area contributed by atoms with E-state index in [1.807, 2.05) is 0 Å². The smallest absolute Gasteiger partial charge is 0.120 e. The van der Waals surface area contributed by atoms with Gasteiger partial charge in [0.25, 0.3) is 0 Å². The third-order valence-electron chi connectivity index (χ3n) is 3.40. The Bertz CT molecular complexity index is 354. The van der Waals surface area contributed by atoms with Gasteiger partial charge in [0.15, 0.2) is 0 Å². The van der Waals surface area contributed by atoms with Crippen molar-refractivity contribution in [1.29, 1.82) is 0 Å². The minimum absolute atomic E-state index is 0.495. The molecule has 2 nitrogen and oxygen atoms in total. The molecule has 2 heteroatoms. The van der Waals surface area contributed by atoms with Crippen LogP contribution in [0.4, 0.5) is 0 Å². The number of benzene rings is 1. The molecule has 0 spiro atoms. The largest absolute Gasteiger partial charge is 0.490 e. The monoisotopic (exact) mass is 217 g/mol. The summed E-state index contributed by atoms with van der Waals surface area (Å²) in [4.78, 5) is 0. The maximum absolute atomic E-state index is 5.83. The summed E-state index contributed by atoms with van der Waals surface area (Å²) in [5, 5.41) is 3.58. The second-order valence-electron chi connectivity index (χ2n) is 4.89. The molecule has 1 saturated carbocycles. The first-order chi connectivity index (χ1) is 7.92. The Labute approximate surface area is 97.0 Å². The minimum atomic E-state index is 0.495. The van der Waals surface area contributed by atoms with Gasteiger partial charge in [-0.05, 0) is 49.9 Å². The summed E-state index contributed by atoms with van der Waals surface area (Å²) >= 11 is 0. The Balaban J connectivity index is 1.72. The van der Waals surface area contributed by atoms with Gasteiger partial charge in [-0.15, -0.1) is 0 Å². The molecule has 0 amide bonds. The van der Waals surface area contributed by atoms with Crippen molar-refractivity contribution in [1.82, 2.24) is 5.32 Å². The van der Waals surface area contributed by atoms with Crippen LogP contribution in [0.25, 0.3) is 0 Å². The molecule has 1 N–H and O–H groups in total. The number of hydrogen-bond donors (Lipinski definition) is 1. The second-order valence-corrected chi connectivity index (χ2v) is 4.89. The lowest BCUT2D eigenvalue weighted by atomic mass is 9.97. The maximum atomic E-state index is 5.83. The molecule has 2 aliphatic rings. The summed E-state index contributed by atoms with van der Waals surface area (Å²) in [6.07, 6.45) is 6.86. The quantitative estimate of drug-likeness (QED) is 0.840. The summed E-state index contributed by atoms with van der Waals surface area (Å²) < 4.78 is 5.83. The summed E-state index contributed by atoms with van der Waals surface area (Å²) in [5.74, 6) is 1.05. The van der Waals surface area contributed by atoms with Gasteiger partial charge < -0.3 is 10.1 Å². The molecule has 0 bridgehead atoms. The van der Waals surface area contributed by atoms with Gasteiger partial charge in [-0.25, -0.2) is 0 Å². The molecule has 86 valence electrons. The highest BCUT2D eigenvalue weighted by Gasteiger charge is 2.23. The fourth-order valence-electron chi connectivity index (χ4n) is 2.32. The zero-order valence-electron chi connectivity index (χ0n) is 9.61. The first-order valence-corrected chi connectivity index (χ1v) is 6.42. The van der Waals surface area contributed by atoms with E-state index in [2.05, 4.69) is 29.6 Å². The van der Waals surface area contributed by atoms with Crippen LogP contribution in [0, 0.1) is 0 Å². The molecule has 3 rings (SSSR count). The van der Waals surface area contributed by atoms with Crippen LogP contribution < -0.4 is 10.1 Å². The Morgan fingerprint density at radius 3 is 2.81 bits per heavy atom. The van der Waals surface area contributed by atoms with E-state index in [-0.39, 0.29) is 0 Å². The number of piperidine rings is 1. The average Bonchev–Trinajstić information content (AvgIpc) is 3.15. The van der Waals surface area contributed by atoms with E-state index in [1.54, 1.807) is 0 Å². The molecule has 0 aromatic heterocycles. The molecule has 1 aromatic carbocycles. The van der Waals surface area contributed by atoms with Crippen molar-refractivity contribution in [3.63, 3.8) is 0 Å². The summed E-state index contributed by atoms with van der Waals surface area (Å²) in [6.45, 7) is 1.15. The van der Waals surface area contributed by atoms with Crippen LogP contribution in [-0.2, 0) is 0 Å². The number of nitrogens with one attached hydrogen (secondary N) is 1. The van der Waals surface area contributed by atoms with Crippen LogP contribution in [0.1, 0.15) is 43.7 Å². The molecular weight excluding hydrogens is 198 g/mol. The lowest BCUT2D eigenvalue weighted by Gasteiger charge is -2.24. The van der Waals surface area contributed by atoms with Crippen LogP contribution in [0.3, 0.4) is 0 Å². The van der Waals surface area contributed by atoms with Gasteiger partial charge in [0, 0.05) is 6.04 Å². The first-order valence-electron chi connectivity index (χ1n) is 6.42. The number of ether oxygens (including phenoxy) is 1. The molecule has 1 aliphatic carbocycles. The van der Waals surface area contributed by atoms with Crippen LogP contribution in [-0.4, -0.2) is 12.6 Å². The predicted molar refractivity (Wildman–Crippen MR) is 64.7 cm³/mol. The van der Waals surface area contributed by atoms with Crippen molar-refractivity contribution in [3.8, 4) is 5.75 Å². The first kappa shape index (κ1) is 10.2. The fourth-order valence-corrected chi connectivity index (χ4v) is 2.32. The maximum Gasteiger partial charge on any atom is 0.120 e. The van der Waals surface area contributed by atoms with E-state index in [9.17, 15) is 0 Å². The van der Waals surface area contributed by atoms with Crippen LogP contribution >= 0.6 is 0 Å². The zero-order valence-corrected chi connectivity index (χ0v) is 9.61. The Kier molecular flexibility index (Phi) is 2.83. The zero-order chi connectivity index (χ0) is 10.8. The van der Waals surface area contributed by atoms with Gasteiger partial charge in [0.1, 0.15) is 5.75 Å². The Hall–Kier alpha value is -1.02. The van der Waals surface area contributed by atoms with E-state index in [1.165, 1.54) is 37.7 Å². The molecule has 1 heterocycles. The van der Waals surface area contributed by atoms with E-state index >= 15 is 0 Å². The lowest BCUT2D eigenvalue weighted by Crippen LogP contribution is -2.26. The van der Waals surface area contributed by atoms with Gasteiger partial charge in [0.2, 0.25) is 0 Å². The molecule has 1 saturated heterocycles. The van der Waals surface area contributed by atoms with Crippen molar-refractivity contribution in [3.05, 3.63) is 29.8 Å².